The number of thiophene rings is 2. The number of aromatic nitrogens is 1. The molecule has 0 aliphatic heterocycles. The standard InChI is InChI=1S/C26H25N3O3S2/c1-13-4-7-15(8-5-13)18-11-10-17-21(27)22(34-24(17)28-18)23(30)29-25-20(26(31)32-3)16-9-6-14(2)12-19(16)33-25/h4-5,7-8,10-11,14H,6,9,12,27H2,1-3H3,(H,29,30). The third-order valence-electron chi connectivity index (χ3n) is 6.28. The normalized spacial score (nSPS) is 15.2. The first kappa shape index (κ1) is 22.6. The molecular weight excluding hydrogens is 466 g/mol. The predicted molar refractivity (Wildman–Crippen MR) is 139 cm³/mol. The summed E-state index contributed by atoms with van der Waals surface area (Å²) in [6.07, 6.45) is 2.72. The van der Waals surface area contributed by atoms with Crippen LogP contribution in [0.25, 0.3) is 21.5 Å². The number of nitrogen functional groups attached to an aromatic ring is 1. The van der Waals surface area contributed by atoms with Crippen molar-refractivity contribution in [2.24, 2.45) is 5.92 Å². The molecule has 0 fully saturated rings. The number of esters is 1. The van der Waals surface area contributed by atoms with E-state index in [1.54, 1.807) is 0 Å². The molecule has 3 aromatic heterocycles. The number of aryl methyl sites for hydroxylation is 1. The summed E-state index contributed by atoms with van der Waals surface area (Å²) in [5, 5.41) is 4.23. The minimum atomic E-state index is -0.420. The number of anilines is 2. The molecule has 0 saturated carbocycles. The monoisotopic (exact) mass is 491 g/mol. The Morgan fingerprint density at radius 1 is 1.15 bits per heavy atom. The molecule has 3 heterocycles. The number of rotatable bonds is 4. The number of nitrogens with zero attached hydrogens (tertiary/aromatic N) is 1. The summed E-state index contributed by atoms with van der Waals surface area (Å²) in [5.74, 6) is -0.211. The lowest BCUT2D eigenvalue weighted by atomic mass is 9.88. The van der Waals surface area contributed by atoms with Gasteiger partial charge in [0.25, 0.3) is 5.91 Å². The second kappa shape index (κ2) is 8.85. The van der Waals surface area contributed by atoms with Crippen molar-refractivity contribution in [3.8, 4) is 11.3 Å². The molecule has 1 atom stereocenters. The van der Waals surface area contributed by atoms with Crippen molar-refractivity contribution in [1.29, 1.82) is 0 Å². The number of hydrogen-bond donors (Lipinski definition) is 2. The number of nitrogens with two attached hydrogens (primary N) is 1. The molecule has 0 radical (unpaired) electrons. The number of benzene rings is 1. The molecule has 1 amide bonds. The summed E-state index contributed by atoms with van der Waals surface area (Å²) in [5.41, 5.74) is 11.2. The van der Waals surface area contributed by atoms with Crippen LogP contribution in [-0.2, 0) is 17.6 Å². The van der Waals surface area contributed by atoms with E-state index in [1.807, 2.05) is 43.3 Å². The topological polar surface area (TPSA) is 94.3 Å². The molecule has 4 aromatic rings. The van der Waals surface area contributed by atoms with E-state index < -0.39 is 5.97 Å². The lowest BCUT2D eigenvalue weighted by molar-refractivity contribution is 0.0601. The molecule has 34 heavy (non-hydrogen) atoms. The Labute approximate surface area is 205 Å². The van der Waals surface area contributed by atoms with Crippen LogP contribution in [0.3, 0.4) is 0 Å². The average Bonchev–Trinajstić information content (AvgIpc) is 3.35. The van der Waals surface area contributed by atoms with Gasteiger partial charge in [-0.25, -0.2) is 9.78 Å². The minimum Gasteiger partial charge on any atom is -0.465 e. The smallest absolute Gasteiger partial charge is 0.341 e. The van der Waals surface area contributed by atoms with Crippen molar-refractivity contribution < 1.29 is 14.3 Å². The molecule has 0 spiro atoms. The Balaban J connectivity index is 1.49. The Morgan fingerprint density at radius 3 is 2.65 bits per heavy atom. The van der Waals surface area contributed by atoms with Crippen molar-refractivity contribution in [2.45, 2.75) is 33.1 Å². The second-order valence-corrected chi connectivity index (χ2v) is 10.9. The van der Waals surface area contributed by atoms with Gasteiger partial charge in [0.15, 0.2) is 0 Å². The molecule has 1 aromatic carbocycles. The number of pyridine rings is 1. The molecule has 8 heteroatoms. The van der Waals surface area contributed by atoms with Crippen LogP contribution in [0.2, 0.25) is 0 Å². The summed E-state index contributed by atoms with van der Waals surface area (Å²) < 4.78 is 5.03. The van der Waals surface area contributed by atoms with Crippen molar-refractivity contribution >= 4 is 55.5 Å². The van der Waals surface area contributed by atoms with E-state index >= 15 is 0 Å². The molecular formula is C26H25N3O3S2. The van der Waals surface area contributed by atoms with Gasteiger partial charge in [-0.05, 0) is 49.8 Å². The third-order valence-corrected chi connectivity index (χ3v) is 8.56. The van der Waals surface area contributed by atoms with Gasteiger partial charge in [-0.2, -0.15) is 0 Å². The van der Waals surface area contributed by atoms with Crippen molar-refractivity contribution in [1.82, 2.24) is 4.98 Å². The third kappa shape index (κ3) is 3.97. The van der Waals surface area contributed by atoms with Crippen molar-refractivity contribution in [3.05, 3.63) is 62.8 Å². The molecule has 174 valence electrons. The minimum absolute atomic E-state index is 0.339. The lowest BCUT2D eigenvalue weighted by Crippen LogP contribution is -2.16. The number of methoxy groups -OCH3 is 1. The summed E-state index contributed by atoms with van der Waals surface area (Å²) >= 11 is 2.72. The van der Waals surface area contributed by atoms with Gasteiger partial charge in [0.2, 0.25) is 0 Å². The lowest BCUT2D eigenvalue weighted by Gasteiger charge is -2.18. The summed E-state index contributed by atoms with van der Waals surface area (Å²) in [7, 11) is 1.37. The molecule has 0 saturated heterocycles. The highest BCUT2D eigenvalue weighted by Gasteiger charge is 2.30. The summed E-state index contributed by atoms with van der Waals surface area (Å²) in [4.78, 5) is 32.8. The fourth-order valence-electron chi connectivity index (χ4n) is 4.37. The van der Waals surface area contributed by atoms with E-state index in [2.05, 4.69) is 12.2 Å². The van der Waals surface area contributed by atoms with Crippen LogP contribution in [0.5, 0.6) is 0 Å². The number of fused-ring (bicyclic) bond motifs is 2. The first-order valence-corrected chi connectivity index (χ1v) is 12.8. The maximum Gasteiger partial charge on any atom is 0.341 e. The van der Waals surface area contributed by atoms with Gasteiger partial charge < -0.3 is 15.8 Å². The highest BCUT2D eigenvalue weighted by atomic mass is 32.1. The van der Waals surface area contributed by atoms with Gasteiger partial charge in [0.1, 0.15) is 14.7 Å². The van der Waals surface area contributed by atoms with Crippen molar-refractivity contribution in [2.75, 3.05) is 18.2 Å². The van der Waals surface area contributed by atoms with Crippen LogP contribution in [-0.4, -0.2) is 24.0 Å². The van der Waals surface area contributed by atoms with E-state index in [0.29, 0.717) is 31.9 Å². The molecule has 3 N–H and O–H groups in total. The fraction of sp³-hybridized carbons (Fsp3) is 0.269. The van der Waals surface area contributed by atoms with Gasteiger partial charge in [-0.3, -0.25) is 4.79 Å². The molecule has 6 nitrogen and oxygen atoms in total. The van der Waals surface area contributed by atoms with Gasteiger partial charge in [0.05, 0.1) is 24.1 Å². The maximum atomic E-state index is 13.3. The Morgan fingerprint density at radius 2 is 1.91 bits per heavy atom. The van der Waals surface area contributed by atoms with Gasteiger partial charge >= 0.3 is 5.97 Å². The van der Waals surface area contributed by atoms with E-state index in [1.165, 1.54) is 35.3 Å². The van der Waals surface area contributed by atoms with Crippen molar-refractivity contribution in [3.63, 3.8) is 0 Å². The molecule has 1 aliphatic carbocycles. The number of amides is 1. The highest BCUT2D eigenvalue weighted by Crippen LogP contribution is 2.41. The van der Waals surface area contributed by atoms with E-state index in [4.69, 9.17) is 15.5 Å². The Bertz CT molecular complexity index is 1420. The van der Waals surface area contributed by atoms with E-state index in [9.17, 15) is 9.59 Å². The van der Waals surface area contributed by atoms with E-state index in [-0.39, 0.29) is 5.91 Å². The zero-order valence-electron chi connectivity index (χ0n) is 19.2. The number of hydrogen-bond acceptors (Lipinski definition) is 7. The predicted octanol–water partition coefficient (Wildman–Crippen LogP) is 6.08. The molecule has 1 unspecified atom stereocenters. The summed E-state index contributed by atoms with van der Waals surface area (Å²) in [6.45, 7) is 4.25. The van der Waals surface area contributed by atoms with E-state index in [0.717, 1.165) is 46.3 Å². The molecule has 5 rings (SSSR count). The average molecular weight is 492 g/mol. The van der Waals surface area contributed by atoms with Crippen LogP contribution < -0.4 is 11.1 Å². The number of carbonyl (C=O) groups is 2. The van der Waals surface area contributed by atoms with Crippen LogP contribution in [0.15, 0.2) is 36.4 Å². The zero-order valence-corrected chi connectivity index (χ0v) is 20.9. The zero-order chi connectivity index (χ0) is 24.0. The van der Waals surface area contributed by atoms with Crippen LogP contribution in [0.4, 0.5) is 10.7 Å². The summed E-state index contributed by atoms with van der Waals surface area (Å²) in [6, 6.07) is 12.0. The first-order valence-electron chi connectivity index (χ1n) is 11.2. The maximum absolute atomic E-state index is 13.3. The number of carbonyl (C=O) groups excluding carboxylic acids is 2. The Hall–Kier alpha value is -3.23. The first-order chi connectivity index (χ1) is 16.4. The largest absolute Gasteiger partial charge is 0.465 e. The molecule has 0 bridgehead atoms. The molecule has 1 aliphatic rings. The fourth-order valence-corrected chi connectivity index (χ4v) is 6.75. The van der Waals surface area contributed by atoms with Gasteiger partial charge in [-0.1, -0.05) is 36.8 Å². The SMILES string of the molecule is COC(=O)c1c(NC(=O)c2sc3nc(-c4ccc(C)cc4)ccc3c2N)sc2c1CCC(C)C2. The van der Waals surface area contributed by atoms with Crippen LogP contribution >= 0.6 is 22.7 Å². The van der Waals surface area contributed by atoms with Gasteiger partial charge in [-0.15, -0.1) is 22.7 Å². The quantitative estimate of drug-likeness (QED) is 0.338. The number of ether oxygens (including phenoxy) is 1. The highest BCUT2D eigenvalue weighted by molar-refractivity contribution is 7.21. The number of nitrogens with one attached hydrogen (secondary N) is 1. The van der Waals surface area contributed by atoms with Crippen LogP contribution in [0, 0.1) is 12.8 Å². The van der Waals surface area contributed by atoms with Crippen LogP contribution in [0.1, 0.15) is 49.4 Å². The Kier molecular flexibility index (Phi) is 5.87. The van der Waals surface area contributed by atoms with Gasteiger partial charge in [0, 0.05) is 15.8 Å². The second-order valence-electron chi connectivity index (χ2n) is 8.76.